The third-order valence-electron chi connectivity index (χ3n) is 8.42. The minimum absolute atomic E-state index is 0.0375. The van der Waals surface area contributed by atoms with Gasteiger partial charge in [-0.15, -0.1) is 22.7 Å². The summed E-state index contributed by atoms with van der Waals surface area (Å²) in [6.45, 7) is 5.98. The highest BCUT2D eigenvalue weighted by molar-refractivity contribution is 9.08. The quantitative estimate of drug-likeness (QED) is 0.0772. The first-order valence-electron chi connectivity index (χ1n) is 20.6. The van der Waals surface area contributed by atoms with Gasteiger partial charge in [-0.25, -0.2) is 44.9 Å². The topological polar surface area (TPSA) is 274 Å². The Morgan fingerprint density at radius 1 is 0.595 bits per heavy atom. The Morgan fingerprint density at radius 2 is 1.14 bits per heavy atom. The van der Waals surface area contributed by atoms with E-state index in [0.29, 0.717) is 50.1 Å². The monoisotopic (exact) mass is 1140 g/mol. The molecule has 3 N–H and O–H groups in total. The molecule has 0 aliphatic rings. The van der Waals surface area contributed by atoms with Crippen molar-refractivity contribution >= 4 is 79.3 Å². The number of halogens is 8. The Labute approximate surface area is 436 Å². The van der Waals surface area contributed by atoms with Crippen molar-refractivity contribution in [2.75, 3.05) is 16.0 Å². The normalized spacial score (nSPS) is 10.8. The molecule has 10 heterocycles. The number of aromatic nitrogens is 16. The molecule has 0 aliphatic carbocycles. The van der Waals surface area contributed by atoms with Gasteiger partial charge in [-0.1, -0.05) is 37.8 Å². The van der Waals surface area contributed by atoms with E-state index in [2.05, 4.69) is 110 Å². The van der Waals surface area contributed by atoms with Gasteiger partial charge in [0.15, 0.2) is 5.82 Å². The highest BCUT2D eigenvalue weighted by Gasteiger charge is 2.39. The number of thiophene rings is 2. The molecule has 74 heavy (non-hydrogen) atoms. The predicted molar refractivity (Wildman–Crippen MR) is 263 cm³/mol. The van der Waals surface area contributed by atoms with Gasteiger partial charge in [0.2, 0.25) is 11.6 Å². The molecule has 382 valence electrons. The summed E-state index contributed by atoms with van der Waals surface area (Å²) < 4.78 is 83.0. The van der Waals surface area contributed by atoms with Crippen LogP contribution in [0.25, 0.3) is 21.4 Å². The highest BCUT2D eigenvalue weighted by atomic mass is 79.9. The minimum Gasteiger partial charge on any atom is -0.382 e. The number of nitrogens with one attached hydrogen (secondary N) is 1. The molecule has 0 aromatic carbocycles. The molecular weight excluding hydrogens is 1110 g/mol. The Morgan fingerprint density at radius 3 is 1.58 bits per heavy atom. The van der Waals surface area contributed by atoms with Crippen LogP contribution in [0.2, 0.25) is 5.15 Å². The fraction of sp³-hybridized carbons (Fsp3) is 0.163. The number of nitrogen functional groups attached to an aromatic ring is 1. The lowest BCUT2D eigenvalue weighted by Gasteiger charge is -2.21. The zero-order valence-corrected chi connectivity index (χ0v) is 42.2. The molecule has 21 nitrogen and oxygen atoms in total. The maximum absolute atomic E-state index is 12.7. The predicted octanol–water partition coefficient (Wildman–Crippen LogP) is 10.6. The summed E-state index contributed by atoms with van der Waals surface area (Å²) in [7, 11) is 0. The smallest absolute Gasteiger partial charge is 0.382 e. The summed E-state index contributed by atoms with van der Waals surface area (Å²) in [5.41, 5.74) is 7.77. The van der Waals surface area contributed by atoms with Crippen LogP contribution in [0, 0.1) is 20.8 Å². The van der Waals surface area contributed by atoms with Gasteiger partial charge in [-0.05, 0) is 51.1 Å². The van der Waals surface area contributed by atoms with Crippen LogP contribution in [0.5, 0.6) is 0 Å². The second-order valence-corrected chi connectivity index (χ2v) is 17.3. The minimum atomic E-state index is -4.68. The summed E-state index contributed by atoms with van der Waals surface area (Å²) in [6, 6.07) is 12.2. The van der Waals surface area contributed by atoms with Crippen molar-refractivity contribution in [2.24, 2.45) is 0 Å². The fourth-order valence-corrected chi connectivity index (χ4v) is 7.67. The van der Waals surface area contributed by atoms with Crippen LogP contribution < -0.4 is 16.0 Å². The van der Waals surface area contributed by atoms with Crippen molar-refractivity contribution < 1.29 is 35.4 Å². The van der Waals surface area contributed by atoms with Crippen LogP contribution >= 0.6 is 50.2 Å². The van der Waals surface area contributed by atoms with Crippen LogP contribution in [0.15, 0.2) is 126 Å². The van der Waals surface area contributed by atoms with E-state index in [9.17, 15) is 26.3 Å². The molecule has 0 unspecified atom stereocenters. The molecule has 0 radical (unpaired) electrons. The summed E-state index contributed by atoms with van der Waals surface area (Å²) in [4.78, 5) is 59.1. The maximum Gasteiger partial charge on any atom is 0.471 e. The molecule has 0 aliphatic heterocycles. The first-order chi connectivity index (χ1) is 35.4. The Bertz CT molecular complexity index is 3250. The van der Waals surface area contributed by atoms with E-state index in [0.717, 1.165) is 32.7 Å². The lowest BCUT2D eigenvalue weighted by molar-refractivity contribution is -0.160. The van der Waals surface area contributed by atoms with E-state index in [4.69, 9.17) is 17.3 Å². The molecule has 0 saturated carbocycles. The van der Waals surface area contributed by atoms with Gasteiger partial charge in [0.05, 0.1) is 34.9 Å². The second-order valence-electron chi connectivity index (χ2n) is 14.0. The Hall–Kier alpha value is -8.09. The largest absolute Gasteiger partial charge is 0.471 e. The average molecular weight is 1140 g/mol. The molecule has 10 rings (SSSR count). The van der Waals surface area contributed by atoms with E-state index in [-0.39, 0.29) is 11.6 Å². The van der Waals surface area contributed by atoms with E-state index >= 15 is 0 Å². The molecule has 0 spiro atoms. The lowest BCUT2D eigenvalue weighted by Crippen LogP contribution is -2.18. The SMILES string of the molecule is Cc1cc(Cl)ncn1.Cc1cc(N(Cc2ccc(-c3noc(C(F)(F)F)n3)s2)c2cnccn2)ncn1.Cc1cc(Nc2cnccn2)ncn1.FC(F)(F)c1nc(-c2ccc(CBr)s2)no1.Nc1cnccn1. The number of anilines is 5. The highest BCUT2D eigenvalue weighted by Crippen LogP contribution is 2.34. The van der Waals surface area contributed by atoms with Gasteiger partial charge in [0.1, 0.15) is 47.4 Å². The molecule has 0 saturated heterocycles. The van der Waals surface area contributed by atoms with Crippen molar-refractivity contribution in [1.29, 1.82) is 0 Å². The van der Waals surface area contributed by atoms with Crippen LogP contribution in [-0.4, -0.2) is 80.1 Å². The first-order valence-corrected chi connectivity index (χ1v) is 23.7. The number of alkyl halides is 7. The number of nitrogens with two attached hydrogens (primary N) is 1. The molecule has 31 heteroatoms. The number of hydrogen-bond acceptors (Lipinski definition) is 23. The molecule has 10 aromatic rings. The van der Waals surface area contributed by atoms with Crippen molar-refractivity contribution in [3.05, 3.63) is 161 Å². The van der Waals surface area contributed by atoms with Crippen LogP contribution in [0.1, 0.15) is 38.6 Å². The second kappa shape index (κ2) is 26.6. The van der Waals surface area contributed by atoms with Crippen LogP contribution in [-0.2, 0) is 24.2 Å². The fourth-order valence-electron chi connectivity index (χ4n) is 5.23. The molecule has 0 fully saturated rings. The maximum atomic E-state index is 12.7. The number of rotatable bonds is 9. The molecule has 10 aromatic heterocycles. The number of hydrogen-bond donors (Lipinski definition) is 2. The van der Waals surface area contributed by atoms with Crippen molar-refractivity contribution in [3.63, 3.8) is 0 Å². The van der Waals surface area contributed by atoms with Gasteiger partial charge >= 0.3 is 24.1 Å². The van der Waals surface area contributed by atoms with E-state index in [1.165, 1.54) is 47.9 Å². The van der Waals surface area contributed by atoms with Gasteiger partial charge in [0, 0.05) is 81.5 Å². The van der Waals surface area contributed by atoms with E-state index in [1.54, 1.807) is 86.0 Å². The van der Waals surface area contributed by atoms with Gasteiger partial charge in [-0.2, -0.15) is 36.3 Å². The third-order valence-corrected chi connectivity index (χ3v) is 11.7. The lowest BCUT2D eigenvalue weighted by atomic mass is 10.3. The number of nitrogens with zero attached hydrogens (tertiary/aromatic N) is 17. The van der Waals surface area contributed by atoms with Gasteiger partial charge in [0.25, 0.3) is 0 Å². The summed E-state index contributed by atoms with van der Waals surface area (Å²) in [5, 5.41) is 10.9. The zero-order valence-electron chi connectivity index (χ0n) is 38.2. The van der Waals surface area contributed by atoms with Gasteiger partial charge < -0.3 is 25.0 Å². The Balaban J connectivity index is 0.000000167. The third kappa shape index (κ3) is 17.6. The van der Waals surface area contributed by atoms with Crippen molar-refractivity contribution in [1.82, 2.24) is 80.1 Å². The first kappa shape index (κ1) is 55.2. The van der Waals surface area contributed by atoms with Crippen LogP contribution in [0.3, 0.4) is 0 Å². The average Bonchev–Trinajstić information content (AvgIpc) is 4.23. The van der Waals surface area contributed by atoms with E-state index in [1.807, 2.05) is 31.7 Å². The van der Waals surface area contributed by atoms with Crippen molar-refractivity contribution in [3.8, 4) is 21.4 Å². The Kier molecular flexibility index (Phi) is 19.8. The van der Waals surface area contributed by atoms with Gasteiger partial charge in [-0.3, -0.25) is 15.0 Å². The number of aryl methyl sites for hydroxylation is 3. The van der Waals surface area contributed by atoms with E-state index < -0.39 is 24.1 Å². The molecule has 0 amide bonds. The summed E-state index contributed by atoms with van der Waals surface area (Å²) in [5.74, 6) is 0.191. The molecular formula is C43H35BrClF6N19O2S2. The zero-order chi connectivity index (χ0) is 53.1. The van der Waals surface area contributed by atoms with Crippen LogP contribution in [0.4, 0.5) is 55.4 Å². The summed E-state index contributed by atoms with van der Waals surface area (Å²) in [6.07, 6.45) is 9.35. The summed E-state index contributed by atoms with van der Waals surface area (Å²) >= 11 is 11.3. The molecule has 0 bridgehead atoms. The van der Waals surface area contributed by atoms with Crippen molar-refractivity contribution in [2.45, 2.75) is 45.0 Å². The molecule has 0 atom stereocenters. The standard InChI is InChI=1S/C17H12F3N7OS.C9H9N5.C8H4BrF3N2OS.C5H5ClN2.C4H5N3/c1-10-6-13(24-9-23-10)27(14-7-21-4-5-22-14)8-11-2-3-12(29-11)15-25-16(28-26-15)17(18,19)20;1-7-4-8(13-6-12-7)14-9-5-10-2-3-11-9;9-3-4-1-2-5(16-4)6-13-7(15-14-6)8(10,11)12;1-4-2-5(6)8-3-7-4;5-4-3-6-1-2-7-4/h2-7,9H,8H2,1H3;2-6H,1H3,(H,11,12,13,14);1-2H,3H2;2-3H,1H3;1-3H,(H2,5,7).